The SMILES string of the molecule is CCOC(=O)[C@H](CCc1ccccc1)NC1CCc2ccccc2N(Cc2ccc(C)cc2)C1=O. The fraction of sp³-hybridized carbons (Fsp3) is 0.333. The van der Waals surface area contributed by atoms with Crippen molar-refractivity contribution in [3.8, 4) is 0 Å². The molecule has 3 aromatic carbocycles. The third kappa shape index (κ3) is 6.37. The molecule has 0 radical (unpaired) electrons. The van der Waals surface area contributed by atoms with Crippen LogP contribution in [0.15, 0.2) is 78.9 Å². The normalized spacial score (nSPS) is 16.3. The number of nitrogens with one attached hydrogen (secondary N) is 1. The Labute approximate surface area is 208 Å². The van der Waals surface area contributed by atoms with Gasteiger partial charge in [0.25, 0.3) is 0 Å². The lowest BCUT2D eigenvalue weighted by Crippen LogP contribution is -2.52. The van der Waals surface area contributed by atoms with E-state index in [9.17, 15) is 9.59 Å². The molecule has 1 amide bonds. The lowest BCUT2D eigenvalue weighted by Gasteiger charge is -2.28. The van der Waals surface area contributed by atoms with Gasteiger partial charge in [0, 0.05) is 5.69 Å². The van der Waals surface area contributed by atoms with E-state index in [1.165, 1.54) is 5.56 Å². The van der Waals surface area contributed by atoms with E-state index >= 15 is 0 Å². The second-order valence-corrected chi connectivity index (χ2v) is 9.13. The van der Waals surface area contributed by atoms with Crippen molar-refractivity contribution in [2.24, 2.45) is 0 Å². The molecule has 4 rings (SSSR count). The molecule has 1 unspecified atom stereocenters. The van der Waals surface area contributed by atoms with Gasteiger partial charge in [-0.05, 0) is 62.3 Å². The van der Waals surface area contributed by atoms with Crippen LogP contribution >= 0.6 is 0 Å². The van der Waals surface area contributed by atoms with Crippen LogP contribution in [-0.4, -0.2) is 30.6 Å². The average molecular weight is 471 g/mol. The van der Waals surface area contributed by atoms with Crippen molar-refractivity contribution in [3.05, 3.63) is 101 Å². The molecule has 2 atom stereocenters. The number of amides is 1. The molecule has 5 nitrogen and oxygen atoms in total. The molecule has 0 bridgehead atoms. The molecule has 5 heteroatoms. The van der Waals surface area contributed by atoms with Crippen LogP contribution in [0.5, 0.6) is 0 Å². The number of para-hydroxylation sites is 1. The van der Waals surface area contributed by atoms with Crippen LogP contribution in [0.2, 0.25) is 0 Å². The average Bonchev–Trinajstić information content (AvgIpc) is 3.00. The molecule has 3 aromatic rings. The predicted molar refractivity (Wildman–Crippen MR) is 139 cm³/mol. The number of hydrogen-bond acceptors (Lipinski definition) is 4. The Morgan fingerprint density at radius 2 is 1.71 bits per heavy atom. The standard InChI is InChI=1S/C30H34N2O3/c1-3-35-30(34)27(19-17-23-9-5-4-6-10-23)31-26-20-18-25-11-7-8-12-28(25)32(29(26)33)21-24-15-13-22(2)14-16-24/h4-16,26-27,31H,3,17-21H2,1-2H3/t26?,27-/m0/s1. The van der Waals surface area contributed by atoms with Crippen LogP contribution in [0.4, 0.5) is 5.69 Å². The zero-order chi connectivity index (χ0) is 24.6. The summed E-state index contributed by atoms with van der Waals surface area (Å²) < 4.78 is 5.37. The van der Waals surface area contributed by atoms with Gasteiger partial charge in [-0.2, -0.15) is 0 Å². The summed E-state index contributed by atoms with van der Waals surface area (Å²) in [5.74, 6) is -0.312. The molecule has 0 aromatic heterocycles. The molecule has 0 saturated heterocycles. The quantitative estimate of drug-likeness (QED) is 0.447. The van der Waals surface area contributed by atoms with Gasteiger partial charge in [-0.15, -0.1) is 0 Å². The number of anilines is 1. The molecule has 0 spiro atoms. The van der Waals surface area contributed by atoms with Gasteiger partial charge in [-0.25, -0.2) is 0 Å². The maximum atomic E-state index is 13.9. The lowest BCUT2D eigenvalue weighted by molar-refractivity contribution is -0.146. The summed E-state index contributed by atoms with van der Waals surface area (Å²) in [6, 6.07) is 25.4. The minimum Gasteiger partial charge on any atom is -0.465 e. The van der Waals surface area contributed by atoms with Gasteiger partial charge in [0.15, 0.2) is 0 Å². The fourth-order valence-corrected chi connectivity index (χ4v) is 4.62. The smallest absolute Gasteiger partial charge is 0.323 e. The summed E-state index contributed by atoms with van der Waals surface area (Å²) in [5.41, 5.74) is 5.51. The zero-order valence-electron chi connectivity index (χ0n) is 20.6. The van der Waals surface area contributed by atoms with Gasteiger partial charge in [0.2, 0.25) is 5.91 Å². The van der Waals surface area contributed by atoms with E-state index in [4.69, 9.17) is 4.74 Å². The van der Waals surface area contributed by atoms with E-state index in [1.54, 1.807) is 0 Å². The third-order valence-electron chi connectivity index (χ3n) is 6.55. The second-order valence-electron chi connectivity index (χ2n) is 9.13. The van der Waals surface area contributed by atoms with Crippen molar-refractivity contribution in [2.75, 3.05) is 11.5 Å². The molecular weight excluding hydrogens is 436 g/mol. The summed E-state index contributed by atoms with van der Waals surface area (Å²) in [6.07, 6.45) is 2.68. The van der Waals surface area contributed by atoms with Gasteiger partial charge in [-0.1, -0.05) is 78.4 Å². The number of esters is 1. The molecule has 0 aliphatic carbocycles. The van der Waals surface area contributed by atoms with Crippen LogP contribution < -0.4 is 10.2 Å². The predicted octanol–water partition coefficient (Wildman–Crippen LogP) is 5.00. The van der Waals surface area contributed by atoms with E-state index in [1.807, 2.05) is 48.2 Å². The highest BCUT2D eigenvalue weighted by Gasteiger charge is 2.33. The number of rotatable bonds is 9. The molecule has 35 heavy (non-hydrogen) atoms. The molecular formula is C30H34N2O3. The Kier molecular flexibility index (Phi) is 8.32. The maximum Gasteiger partial charge on any atom is 0.323 e. The first-order chi connectivity index (χ1) is 17.0. The number of aryl methyl sites for hydroxylation is 3. The zero-order valence-corrected chi connectivity index (χ0v) is 20.6. The molecule has 1 heterocycles. The molecule has 1 aliphatic rings. The Hall–Kier alpha value is -3.44. The first-order valence-electron chi connectivity index (χ1n) is 12.5. The second kappa shape index (κ2) is 11.8. The summed E-state index contributed by atoms with van der Waals surface area (Å²) in [7, 11) is 0. The molecule has 0 fully saturated rings. The molecule has 1 aliphatic heterocycles. The fourth-order valence-electron chi connectivity index (χ4n) is 4.62. The monoisotopic (exact) mass is 470 g/mol. The highest BCUT2D eigenvalue weighted by atomic mass is 16.5. The van der Waals surface area contributed by atoms with Crippen LogP contribution in [0.3, 0.4) is 0 Å². The summed E-state index contributed by atoms with van der Waals surface area (Å²) in [5, 5.41) is 3.39. The van der Waals surface area contributed by atoms with Gasteiger partial charge in [-0.3, -0.25) is 14.9 Å². The minimum absolute atomic E-state index is 0.00969. The van der Waals surface area contributed by atoms with Crippen molar-refractivity contribution in [2.45, 2.75) is 58.2 Å². The molecule has 0 saturated carbocycles. The summed E-state index contributed by atoms with van der Waals surface area (Å²) in [6.45, 7) is 4.67. The summed E-state index contributed by atoms with van der Waals surface area (Å²) in [4.78, 5) is 28.6. The minimum atomic E-state index is -0.549. The highest BCUT2D eigenvalue weighted by molar-refractivity contribution is 5.99. The third-order valence-corrected chi connectivity index (χ3v) is 6.55. The van der Waals surface area contributed by atoms with Gasteiger partial charge < -0.3 is 9.64 Å². The number of hydrogen-bond donors (Lipinski definition) is 1. The number of carbonyl (C=O) groups is 2. The topological polar surface area (TPSA) is 58.6 Å². The van der Waals surface area contributed by atoms with Crippen molar-refractivity contribution in [1.82, 2.24) is 5.32 Å². The van der Waals surface area contributed by atoms with E-state index in [-0.39, 0.29) is 11.9 Å². The number of nitrogens with zero attached hydrogens (tertiary/aromatic N) is 1. The van der Waals surface area contributed by atoms with Crippen molar-refractivity contribution in [1.29, 1.82) is 0 Å². The van der Waals surface area contributed by atoms with Gasteiger partial charge >= 0.3 is 5.97 Å². The van der Waals surface area contributed by atoms with E-state index < -0.39 is 12.1 Å². The Morgan fingerprint density at radius 1 is 1.00 bits per heavy atom. The summed E-state index contributed by atoms with van der Waals surface area (Å²) >= 11 is 0. The first-order valence-corrected chi connectivity index (χ1v) is 12.5. The molecule has 182 valence electrons. The number of ether oxygens (including phenoxy) is 1. The lowest BCUT2D eigenvalue weighted by atomic mass is 10.0. The number of carbonyl (C=O) groups excluding carboxylic acids is 2. The Bertz CT molecular complexity index is 1130. The van der Waals surface area contributed by atoms with Gasteiger partial charge in [0.1, 0.15) is 6.04 Å². The van der Waals surface area contributed by atoms with E-state index in [0.717, 1.165) is 35.2 Å². The first kappa shape index (κ1) is 24.7. The van der Waals surface area contributed by atoms with E-state index in [2.05, 4.69) is 54.7 Å². The van der Waals surface area contributed by atoms with Crippen molar-refractivity contribution >= 4 is 17.6 Å². The van der Waals surface area contributed by atoms with Crippen molar-refractivity contribution in [3.63, 3.8) is 0 Å². The number of fused-ring (bicyclic) bond motifs is 1. The number of benzene rings is 3. The Morgan fingerprint density at radius 3 is 2.46 bits per heavy atom. The van der Waals surface area contributed by atoms with E-state index in [0.29, 0.717) is 26.0 Å². The van der Waals surface area contributed by atoms with Crippen LogP contribution in [0.25, 0.3) is 0 Å². The maximum absolute atomic E-state index is 13.9. The largest absolute Gasteiger partial charge is 0.465 e. The van der Waals surface area contributed by atoms with Crippen LogP contribution in [0.1, 0.15) is 42.0 Å². The molecule has 1 N–H and O–H groups in total. The van der Waals surface area contributed by atoms with Crippen LogP contribution in [-0.2, 0) is 33.7 Å². The Balaban J connectivity index is 1.56. The van der Waals surface area contributed by atoms with Crippen molar-refractivity contribution < 1.29 is 14.3 Å². The van der Waals surface area contributed by atoms with Crippen LogP contribution in [0, 0.1) is 6.92 Å². The van der Waals surface area contributed by atoms with Gasteiger partial charge in [0.05, 0.1) is 19.2 Å². The highest BCUT2D eigenvalue weighted by Crippen LogP contribution is 2.29.